The first-order chi connectivity index (χ1) is 22.1. The molecule has 258 valence electrons. The fourth-order valence-corrected chi connectivity index (χ4v) is 11.5. The Morgan fingerprint density at radius 3 is 2.37 bits per heavy atom. The molecule has 4 aliphatic carbocycles. The second kappa shape index (κ2) is 16.4. The molecule has 46 heavy (non-hydrogen) atoms. The highest BCUT2D eigenvalue weighted by molar-refractivity contribution is 9.09. The molecule has 9 atom stereocenters. The highest BCUT2D eigenvalue weighted by Crippen LogP contribution is 2.68. The van der Waals surface area contributed by atoms with Crippen LogP contribution >= 0.6 is 15.9 Å². The predicted molar refractivity (Wildman–Crippen MR) is 196 cm³/mol. The topological polar surface area (TPSA) is 35.5 Å². The number of alkyl halides is 1. The summed E-state index contributed by atoms with van der Waals surface area (Å²) >= 11 is 3.49. The molecule has 0 heterocycles. The zero-order valence-electron chi connectivity index (χ0n) is 29.9. The number of carbonyl (C=O) groups is 1. The second-order valence-electron chi connectivity index (χ2n) is 16.9. The summed E-state index contributed by atoms with van der Waals surface area (Å²) in [5.74, 6) is 6.72. The zero-order chi connectivity index (χ0) is 32.7. The van der Waals surface area contributed by atoms with Crippen LogP contribution in [0.1, 0.15) is 143 Å². The summed E-state index contributed by atoms with van der Waals surface area (Å²) in [4.78, 5) is 12.9. The van der Waals surface area contributed by atoms with Gasteiger partial charge < -0.3 is 9.47 Å². The first-order valence-electron chi connectivity index (χ1n) is 19.3. The lowest BCUT2D eigenvalue weighted by atomic mass is 9.44. The van der Waals surface area contributed by atoms with Crippen LogP contribution in [0.15, 0.2) is 30.3 Å². The van der Waals surface area contributed by atoms with E-state index in [1.54, 1.807) is 6.08 Å². The van der Waals surface area contributed by atoms with Gasteiger partial charge in [-0.3, -0.25) is 0 Å². The monoisotopic (exact) mass is 696 g/mol. The third-order valence-electron chi connectivity index (χ3n) is 13.7. The first-order valence-corrected chi connectivity index (χ1v) is 20.4. The number of unbranched alkanes of at least 4 members (excludes halogenated alkanes) is 3. The molecule has 4 fully saturated rings. The van der Waals surface area contributed by atoms with Crippen molar-refractivity contribution in [2.45, 2.75) is 143 Å². The quantitative estimate of drug-likeness (QED) is 0.0792. The molecule has 0 bridgehead atoms. The third kappa shape index (κ3) is 8.46. The molecule has 0 N–H and O–H groups in total. The van der Waals surface area contributed by atoms with E-state index in [1.165, 1.54) is 83.5 Å². The Labute approximate surface area is 290 Å². The molecule has 5 rings (SSSR count). The number of fused-ring (bicyclic) bond motifs is 5. The van der Waals surface area contributed by atoms with Crippen LogP contribution in [0, 0.1) is 52.3 Å². The number of halogens is 1. The van der Waals surface area contributed by atoms with E-state index in [-0.39, 0.29) is 12.1 Å². The SMILES string of the molecule is CC(C)CCC[C@@H](C)[C@H]1CCC2C3CCC4CC(OC(=O)C=Cc5ccc(OCCCCCCBr)cc5)CC[C@]4(C)C3CC[C@@]21C. The summed E-state index contributed by atoms with van der Waals surface area (Å²) in [6.45, 7) is 13.4. The molecule has 0 aromatic heterocycles. The minimum Gasteiger partial charge on any atom is -0.494 e. The van der Waals surface area contributed by atoms with Crippen molar-refractivity contribution in [3.8, 4) is 5.75 Å². The number of hydrogen-bond acceptors (Lipinski definition) is 3. The average molecular weight is 698 g/mol. The summed E-state index contributed by atoms with van der Waals surface area (Å²) < 4.78 is 12.0. The molecule has 4 heteroatoms. The maximum absolute atomic E-state index is 12.9. The van der Waals surface area contributed by atoms with E-state index in [0.29, 0.717) is 16.7 Å². The van der Waals surface area contributed by atoms with Crippen molar-refractivity contribution in [3.63, 3.8) is 0 Å². The second-order valence-corrected chi connectivity index (χ2v) is 17.7. The fourth-order valence-electron chi connectivity index (χ4n) is 11.1. The maximum atomic E-state index is 12.9. The van der Waals surface area contributed by atoms with Gasteiger partial charge in [0.25, 0.3) is 0 Å². The van der Waals surface area contributed by atoms with Crippen LogP contribution in [0.2, 0.25) is 0 Å². The minimum atomic E-state index is -0.195. The van der Waals surface area contributed by atoms with Gasteiger partial charge in [0.05, 0.1) is 6.61 Å². The lowest BCUT2D eigenvalue weighted by Gasteiger charge is -2.61. The molecule has 0 aliphatic heterocycles. The summed E-state index contributed by atoms with van der Waals surface area (Å²) in [5.41, 5.74) is 1.97. The van der Waals surface area contributed by atoms with Crippen LogP contribution in [0.25, 0.3) is 6.08 Å². The van der Waals surface area contributed by atoms with Crippen molar-refractivity contribution in [1.29, 1.82) is 0 Å². The lowest BCUT2D eigenvalue weighted by molar-refractivity contribution is -0.157. The van der Waals surface area contributed by atoms with E-state index in [1.807, 2.05) is 30.3 Å². The standard InChI is InChI=1S/C42H65BrO3/c1-30(2)11-10-12-31(3)37-20-21-38-36-19-16-33-29-35(23-25-41(33,4)39(36)24-26-42(37,38)5)46-40(44)22-15-32-13-17-34(18-14-32)45-28-9-7-6-8-27-43/h13-15,17-18,22,30-31,33,35-39H,6-12,16,19-21,23-29H2,1-5H3/t31-,33?,35?,36?,37-,38?,39?,41+,42-/m1/s1. The molecule has 1 aromatic carbocycles. The van der Waals surface area contributed by atoms with Crippen LogP contribution in [0.4, 0.5) is 0 Å². The zero-order valence-corrected chi connectivity index (χ0v) is 31.5. The van der Waals surface area contributed by atoms with Gasteiger partial charge in [-0.05, 0) is 147 Å². The van der Waals surface area contributed by atoms with Gasteiger partial charge in [-0.25, -0.2) is 4.79 Å². The number of carbonyl (C=O) groups excluding carboxylic acids is 1. The molecule has 5 unspecified atom stereocenters. The first kappa shape index (κ1) is 36.0. The summed E-state index contributed by atoms with van der Waals surface area (Å²) in [6.07, 6.45) is 24.4. The largest absolute Gasteiger partial charge is 0.494 e. The number of benzene rings is 1. The highest BCUT2D eigenvalue weighted by Gasteiger charge is 2.60. The highest BCUT2D eigenvalue weighted by atomic mass is 79.9. The Kier molecular flexibility index (Phi) is 12.8. The normalized spacial score (nSPS) is 34.6. The van der Waals surface area contributed by atoms with E-state index >= 15 is 0 Å². The van der Waals surface area contributed by atoms with Crippen LogP contribution < -0.4 is 4.74 Å². The Morgan fingerprint density at radius 1 is 0.870 bits per heavy atom. The van der Waals surface area contributed by atoms with Gasteiger partial charge in [0.1, 0.15) is 11.9 Å². The van der Waals surface area contributed by atoms with Gasteiger partial charge in [0, 0.05) is 11.4 Å². The van der Waals surface area contributed by atoms with Crippen molar-refractivity contribution in [3.05, 3.63) is 35.9 Å². The smallest absolute Gasteiger partial charge is 0.331 e. The average Bonchev–Trinajstić information content (AvgIpc) is 3.39. The molecular formula is C42H65BrO3. The van der Waals surface area contributed by atoms with Gasteiger partial charge in [-0.2, -0.15) is 0 Å². The summed E-state index contributed by atoms with van der Waals surface area (Å²) in [5, 5.41) is 1.08. The molecule has 4 aliphatic rings. The maximum Gasteiger partial charge on any atom is 0.331 e. The van der Waals surface area contributed by atoms with E-state index < -0.39 is 0 Å². The van der Waals surface area contributed by atoms with Gasteiger partial charge in [-0.1, -0.05) is 94.8 Å². The summed E-state index contributed by atoms with van der Waals surface area (Å²) in [6, 6.07) is 8.03. The molecule has 0 amide bonds. The number of esters is 1. The molecule has 0 saturated heterocycles. The van der Waals surface area contributed by atoms with Crippen molar-refractivity contribution >= 4 is 28.0 Å². The Hall–Kier alpha value is -1.29. The van der Waals surface area contributed by atoms with Gasteiger partial charge in [0.15, 0.2) is 0 Å². The van der Waals surface area contributed by atoms with Crippen LogP contribution in [0.3, 0.4) is 0 Å². The van der Waals surface area contributed by atoms with Crippen LogP contribution in [-0.2, 0) is 9.53 Å². The number of ether oxygens (including phenoxy) is 2. The Morgan fingerprint density at radius 2 is 1.61 bits per heavy atom. The Bertz CT molecular complexity index is 1130. The minimum absolute atomic E-state index is 0.0634. The van der Waals surface area contributed by atoms with Crippen molar-refractivity contribution in [2.24, 2.45) is 52.3 Å². The van der Waals surface area contributed by atoms with Crippen molar-refractivity contribution < 1.29 is 14.3 Å². The van der Waals surface area contributed by atoms with E-state index in [4.69, 9.17) is 9.47 Å². The molecular weight excluding hydrogens is 632 g/mol. The number of hydrogen-bond donors (Lipinski definition) is 0. The predicted octanol–water partition coefficient (Wildman–Crippen LogP) is 12.1. The van der Waals surface area contributed by atoms with Crippen LogP contribution in [-0.4, -0.2) is 24.0 Å². The van der Waals surface area contributed by atoms with Gasteiger partial charge in [0.2, 0.25) is 0 Å². The molecule has 1 aromatic rings. The van der Waals surface area contributed by atoms with E-state index in [9.17, 15) is 4.79 Å². The number of rotatable bonds is 15. The fraction of sp³-hybridized carbons (Fsp3) is 0.786. The van der Waals surface area contributed by atoms with E-state index in [0.717, 1.165) is 78.0 Å². The molecule has 3 nitrogen and oxygen atoms in total. The van der Waals surface area contributed by atoms with Crippen molar-refractivity contribution in [2.75, 3.05) is 11.9 Å². The molecule has 4 saturated carbocycles. The van der Waals surface area contributed by atoms with Gasteiger partial charge >= 0.3 is 5.97 Å². The van der Waals surface area contributed by atoms with E-state index in [2.05, 4.69) is 50.5 Å². The van der Waals surface area contributed by atoms with Gasteiger partial charge in [-0.15, -0.1) is 0 Å². The molecule has 0 spiro atoms. The van der Waals surface area contributed by atoms with Crippen molar-refractivity contribution in [1.82, 2.24) is 0 Å². The summed E-state index contributed by atoms with van der Waals surface area (Å²) in [7, 11) is 0. The lowest BCUT2D eigenvalue weighted by Crippen LogP contribution is -2.54. The van der Waals surface area contributed by atoms with Crippen LogP contribution in [0.5, 0.6) is 5.75 Å². The Balaban J connectivity index is 1.09. The molecule has 0 radical (unpaired) electrons. The third-order valence-corrected chi connectivity index (χ3v) is 14.3.